The van der Waals surface area contributed by atoms with Crippen LogP contribution in [0.1, 0.15) is 23.6 Å². The molecule has 0 radical (unpaired) electrons. The fourth-order valence-corrected chi connectivity index (χ4v) is 3.13. The maximum atomic E-state index is 12.1. The van der Waals surface area contributed by atoms with Crippen molar-refractivity contribution in [2.45, 2.75) is 20.8 Å². The van der Waals surface area contributed by atoms with E-state index in [1.807, 2.05) is 26.0 Å². The van der Waals surface area contributed by atoms with Gasteiger partial charge in [0.25, 0.3) is 0 Å². The minimum absolute atomic E-state index is 0.377. The third kappa shape index (κ3) is 2.06. The molecule has 16 heavy (non-hydrogen) atoms. The van der Waals surface area contributed by atoms with Gasteiger partial charge in [-0.3, -0.25) is 4.52 Å². The van der Waals surface area contributed by atoms with Crippen molar-refractivity contribution in [3.63, 3.8) is 0 Å². The van der Waals surface area contributed by atoms with E-state index >= 15 is 0 Å². The highest BCUT2D eigenvalue weighted by Gasteiger charge is 2.27. The van der Waals surface area contributed by atoms with Crippen molar-refractivity contribution >= 4 is 13.7 Å². The molecule has 0 saturated heterocycles. The van der Waals surface area contributed by atoms with Crippen molar-refractivity contribution in [3.05, 3.63) is 34.6 Å². The van der Waals surface area contributed by atoms with Crippen LogP contribution in [0.4, 0.5) is 0 Å². The molecule has 3 nitrogen and oxygen atoms in total. The first-order valence-electron chi connectivity index (χ1n) is 5.28. The third-order valence-electron chi connectivity index (χ3n) is 2.45. The van der Waals surface area contributed by atoms with Gasteiger partial charge in [0.15, 0.2) is 0 Å². The van der Waals surface area contributed by atoms with Crippen molar-refractivity contribution in [2.24, 2.45) is 0 Å². The predicted molar refractivity (Wildman–Crippen MR) is 64.8 cm³/mol. The van der Waals surface area contributed by atoms with Gasteiger partial charge < -0.3 is 4.52 Å². The van der Waals surface area contributed by atoms with E-state index in [9.17, 15) is 4.57 Å². The Morgan fingerprint density at radius 2 is 2.12 bits per heavy atom. The molecule has 0 fully saturated rings. The van der Waals surface area contributed by atoms with Crippen molar-refractivity contribution < 1.29 is 13.6 Å². The van der Waals surface area contributed by atoms with E-state index in [-0.39, 0.29) is 0 Å². The Morgan fingerprint density at radius 3 is 2.81 bits per heavy atom. The Balaban J connectivity index is 2.45. The van der Waals surface area contributed by atoms with E-state index in [4.69, 9.17) is 9.05 Å². The van der Waals surface area contributed by atoms with Crippen molar-refractivity contribution in [3.8, 4) is 5.75 Å². The highest BCUT2D eigenvalue weighted by atomic mass is 31.2. The second-order valence-electron chi connectivity index (χ2n) is 3.86. The lowest BCUT2D eigenvalue weighted by Gasteiger charge is -2.22. The van der Waals surface area contributed by atoms with Gasteiger partial charge in [-0.1, -0.05) is 6.07 Å². The van der Waals surface area contributed by atoms with Gasteiger partial charge >= 0.3 is 7.60 Å². The molecule has 4 heteroatoms. The molecule has 1 heterocycles. The van der Waals surface area contributed by atoms with Crippen LogP contribution in [0, 0.1) is 13.8 Å². The van der Waals surface area contributed by atoms with Crippen molar-refractivity contribution in [1.29, 1.82) is 0 Å². The Kier molecular flexibility index (Phi) is 2.92. The SMILES string of the molecule is CCOP1(=O)C=Cc2c(C)cc(C)cc2O1. The molecule has 1 aliphatic heterocycles. The van der Waals surface area contributed by atoms with E-state index in [1.54, 1.807) is 6.92 Å². The van der Waals surface area contributed by atoms with Crippen LogP contribution in [0.25, 0.3) is 6.08 Å². The van der Waals surface area contributed by atoms with Crippen LogP contribution in [0.2, 0.25) is 0 Å². The number of benzene rings is 1. The maximum absolute atomic E-state index is 12.1. The lowest BCUT2D eigenvalue weighted by molar-refractivity contribution is 0.287. The number of aryl methyl sites for hydroxylation is 2. The summed E-state index contributed by atoms with van der Waals surface area (Å²) in [5.41, 5.74) is 3.19. The van der Waals surface area contributed by atoms with Gasteiger partial charge in [0.1, 0.15) is 5.75 Å². The molecule has 1 atom stereocenters. The quantitative estimate of drug-likeness (QED) is 0.733. The Hall–Kier alpha value is -1.05. The molecule has 0 spiro atoms. The Bertz CT molecular complexity index is 491. The highest BCUT2D eigenvalue weighted by molar-refractivity contribution is 7.57. The second kappa shape index (κ2) is 4.08. The summed E-state index contributed by atoms with van der Waals surface area (Å²) in [6.07, 6.45) is 1.82. The second-order valence-corrected chi connectivity index (χ2v) is 5.68. The first-order valence-corrected chi connectivity index (χ1v) is 6.89. The minimum Gasteiger partial charge on any atom is -0.421 e. The predicted octanol–water partition coefficient (Wildman–Crippen LogP) is 3.90. The first kappa shape index (κ1) is 11.4. The number of hydrogen-bond donors (Lipinski definition) is 0. The van der Waals surface area contributed by atoms with Crippen LogP contribution in [-0.2, 0) is 9.09 Å². The number of rotatable bonds is 2. The lowest BCUT2D eigenvalue weighted by atomic mass is 10.0. The summed E-state index contributed by atoms with van der Waals surface area (Å²) < 4.78 is 22.7. The smallest absolute Gasteiger partial charge is 0.403 e. The molecule has 1 aromatic rings. The average molecular weight is 238 g/mol. The Morgan fingerprint density at radius 1 is 1.38 bits per heavy atom. The van der Waals surface area contributed by atoms with Crippen LogP contribution in [0.3, 0.4) is 0 Å². The molecular formula is C12H15O3P. The largest absolute Gasteiger partial charge is 0.421 e. The van der Waals surface area contributed by atoms with Gasteiger partial charge in [-0.05, 0) is 44.0 Å². The highest BCUT2D eigenvalue weighted by Crippen LogP contribution is 2.54. The molecule has 1 aliphatic rings. The first-order chi connectivity index (χ1) is 7.54. The molecule has 1 aromatic carbocycles. The van der Waals surface area contributed by atoms with Crippen LogP contribution < -0.4 is 4.52 Å². The van der Waals surface area contributed by atoms with Gasteiger partial charge in [-0.2, -0.15) is 0 Å². The average Bonchev–Trinajstić information content (AvgIpc) is 2.15. The summed E-state index contributed by atoms with van der Waals surface area (Å²) in [6.45, 7) is 6.17. The summed E-state index contributed by atoms with van der Waals surface area (Å²) >= 11 is 0. The molecule has 2 rings (SSSR count). The topological polar surface area (TPSA) is 35.5 Å². The number of hydrogen-bond acceptors (Lipinski definition) is 3. The van der Waals surface area contributed by atoms with Crippen LogP contribution in [0.15, 0.2) is 17.9 Å². The zero-order valence-electron chi connectivity index (χ0n) is 9.69. The van der Waals surface area contributed by atoms with E-state index in [1.165, 1.54) is 5.82 Å². The molecule has 86 valence electrons. The van der Waals surface area contributed by atoms with E-state index in [0.29, 0.717) is 12.4 Å². The molecule has 0 N–H and O–H groups in total. The monoisotopic (exact) mass is 238 g/mol. The molecule has 0 bridgehead atoms. The van der Waals surface area contributed by atoms with E-state index in [2.05, 4.69) is 6.07 Å². The van der Waals surface area contributed by atoms with Gasteiger partial charge in [0.2, 0.25) is 0 Å². The zero-order valence-corrected chi connectivity index (χ0v) is 10.6. The summed E-state index contributed by atoms with van der Waals surface area (Å²) in [5.74, 6) is 2.18. The molecule has 0 aliphatic carbocycles. The maximum Gasteiger partial charge on any atom is 0.403 e. The minimum atomic E-state index is -3.07. The lowest BCUT2D eigenvalue weighted by Crippen LogP contribution is -2.02. The van der Waals surface area contributed by atoms with Crippen molar-refractivity contribution in [1.82, 2.24) is 0 Å². The van der Waals surface area contributed by atoms with Gasteiger partial charge in [0.05, 0.1) is 6.61 Å². The Labute approximate surface area is 95.6 Å². The fourth-order valence-electron chi connectivity index (χ4n) is 1.81. The normalized spacial score (nSPS) is 22.7. The molecule has 1 unspecified atom stereocenters. The molecule has 0 saturated carbocycles. The van der Waals surface area contributed by atoms with Gasteiger partial charge in [-0.25, -0.2) is 4.57 Å². The van der Waals surface area contributed by atoms with Crippen LogP contribution >= 0.6 is 7.60 Å². The summed E-state index contributed by atoms with van der Waals surface area (Å²) in [4.78, 5) is 0. The summed E-state index contributed by atoms with van der Waals surface area (Å²) in [6, 6.07) is 3.96. The van der Waals surface area contributed by atoms with Gasteiger partial charge in [0, 0.05) is 11.4 Å². The zero-order chi connectivity index (χ0) is 11.8. The fraction of sp³-hybridized carbons (Fsp3) is 0.333. The summed E-state index contributed by atoms with van der Waals surface area (Å²) in [5, 5.41) is 0. The van der Waals surface area contributed by atoms with Crippen LogP contribution in [0.5, 0.6) is 5.75 Å². The molecule has 0 aromatic heterocycles. The number of fused-ring (bicyclic) bond motifs is 1. The molecule has 0 amide bonds. The van der Waals surface area contributed by atoms with Crippen molar-refractivity contribution in [2.75, 3.05) is 6.61 Å². The van der Waals surface area contributed by atoms with Gasteiger partial charge in [-0.15, -0.1) is 0 Å². The standard InChI is InChI=1S/C12H15O3P/c1-4-14-16(13)6-5-11-10(3)7-9(2)8-12(11)15-16/h5-8H,4H2,1-3H3. The van der Waals surface area contributed by atoms with E-state index in [0.717, 1.165) is 16.7 Å². The van der Waals surface area contributed by atoms with E-state index < -0.39 is 7.60 Å². The van der Waals surface area contributed by atoms with Crippen LogP contribution in [-0.4, -0.2) is 6.61 Å². The summed E-state index contributed by atoms with van der Waals surface area (Å²) in [7, 11) is -3.07. The molecular weight excluding hydrogens is 223 g/mol. The third-order valence-corrected chi connectivity index (χ3v) is 4.04.